The molecule has 2 aromatic heterocycles. The van der Waals surface area contributed by atoms with Crippen molar-refractivity contribution in [1.29, 1.82) is 0 Å². The molecule has 24 heavy (non-hydrogen) atoms. The van der Waals surface area contributed by atoms with Crippen LogP contribution in [0.4, 0.5) is 5.13 Å². The summed E-state index contributed by atoms with van der Waals surface area (Å²) >= 11 is 1.28. The highest BCUT2D eigenvalue weighted by molar-refractivity contribution is 7.20. The fourth-order valence-corrected chi connectivity index (χ4v) is 3.60. The maximum Gasteiger partial charge on any atom is 0.275 e. The Morgan fingerprint density at radius 3 is 3.12 bits per heavy atom. The van der Waals surface area contributed by atoms with Gasteiger partial charge in [-0.25, -0.2) is 4.98 Å². The first-order valence-electron chi connectivity index (χ1n) is 7.72. The van der Waals surface area contributed by atoms with E-state index in [1.807, 2.05) is 31.2 Å². The van der Waals surface area contributed by atoms with Crippen LogP contribution in [-0.4, -0.2) is 32.4 Å². The lowest BCUT2D eigenvalue weighted by Gasteiger charge is -2.30. The molecular weight excluding hydrogens is 328 g/mol. The van der Waals surface area contributed by atoms with Crippen LogP contribution < -0.4 is 15.6 Å². The van der Waals surface area contributed by atoms with Gasteiger partial charge in [0.2, 0.25) is 10.1 Å². The predicted molar refractivity (Wildman–Crippen MR) is 90.8 cm³/mol. The number of rotatable bonds is 3. The highest BCUT2D eigenvalue weighted by Gasteiger charge is 2.29. The largest absolute Gasteiger partial charge is 0.491 e. The molecule has 0 saturated heterocycles. The van der Waals surface area contributed by atoms with Crippen molar-refractivity contribution in [2.24, 2.45) is 0 Å². The summed E-state index contributed by atoms with van der Waals surface area (Å²) in [5.74, 6) is 0.692. The number of aliphatic hydroxyl groups excluding tert-OH is 1. The van der Waals surface area contributed by atoms with Crippen molar-refractivity contribution in [3.8, 4) is 5.75 Å². The molecule has 4 rings (SSSR count). The minimum Gasteiger partial charge on any atom is -0.491 e. The zero-order valence-electron chi connectivity index (χ0n) is 13.0. The van der Waals surface area contributed by atoms with Gasteiger partial charge >= 0.3 is 0 Å². The first kappa shape index (κ1) is 15.1. The van der Waals surface area contributed by atoms with Crippen LogP contribution in [0.2, 0.25) is 0 Å². The standard InChI is InChI=1S/C16H16N4O3S/c1-2-9-7-13(21)20-16(17-9)24-15(19-20)18-11-8-23-12-6-4-3-5-10(12)14(11)22/h3-7,11,14,22H,2,8H2,1H3,(H,18,19). The van der Waals surface area contributed by atoms with Crippen LogP contribution in [0, 0.1) is 0 Å². The van der Waals surface area contributed by atoms with Crippen molar-refractivity contribution in [1.82, 2.24) is 14.6 Å². The zero-order chi connectivity index (χ0) is 16.7. The van der Waals surface area contributed by atoms with E-state index in [2.05, 4.69) is 15.4 Å². The van der Waals surface area contributed by atoms with E-state index in [0.29, 0.717) is 28.9 Å². The lowest BCUT2D eigenvalue weighted by Crippen LogP contribution is -2.37. The molecule has 0 amide bonds. The molecule has 2 unspecified atom stereocenters. The van der Waals surface area contributed by atoms with Crippen molar-refractivity contribution in [3.63, 3.8) is 0 Å². The number of aromatic nitrogens is 3. The number of ether oxygens (including phenoxy) is 1. The minimum atomic E-state index is -0.710. The lowest BCUT2D eigenvalue weighted by molar-refractivity contribution is 0.100. The second-order valence-corrected chi connectivity index (χ2v) is 6.54. The molecule has 0 bridgehead atoms. The molecule has 0 fully saturated rings. The summed E-state index contributed by atoms with van der Waals surface area (Å²) < 4.78 is 6.96. The van der Waals surface area contributed by atoms with Crippen LogP contribution in [0.15, 0.2) is 35.1 Å². The highest BCUT2D eigenvalue weighted by atomic mass is 32.1. The third-order valence-corrected chi connectivity index (χ3v) is 4.85. The van der Waals surface area contributed by atoms with Crippen LogP contribution in [0.25, 0.3) is 4.96 Å². The van der Waals surface area contributed by atoms with Crippen molar-refractivity contribution >= 4 is 21.4 Å². The summed E-state index contributed by atoms with van der Waals surface area (Å²) in [7, 11) is 0. The van der Waals surface area contributed by atoms with Gasteiger partial charge < -0.3 is 15.2 Å². The minimum absolute atomic E-state index is 0.202. The molecule has 8 heteroatoms. The van der Waals surface area contributed by atoms with E-state index >= 15 is 0 Å². The van der Waals surface area contributed by atoms with E-state index in [0.717, 1.165) is 11.3 Å². The monoisotopic (exact) mass is 344 g/mol. The SMILES string of the molecule is CCc1cc(=O)n2nc(NC3COc4ccccc4C3O)sc2n1. The van der Waals surface area contributed by atoms with Crippen LogP contribution in [0.5, 0.6) is 5.75 Å². The van der Waals surface area contributed by atoms with Gasteiger partial charge in [-0.05, 0) is 12.5 Å². The number of benzene rings is 1. The third kappa shape index (κ3) is 2.53. The van der Waals surface area contributed by atoms with Crippen molar-refractivity contribution in [2.75, 3.05) is 11.9 Å². The Labute approximate surface area is 141 Å². The summed E-state index contributed by atoms with van der Waals surface area (Å²) in [6, 6.07) is 8.55. The van der Waals surface area contributed by atoms with Crippen LogP contribution in [0.1, 0.15) is 24.3 Å². The normalized spacial score (nSPS) is 19.8. The van der Waals surface area contributed by atoms with Gasteiger partial charge in [0.1, 0.15) is 18.5 Å². The van der Waals surface area contributed by atoms with E-state index in [-0.39, 0.29) is 11.6 Å². The van der Waals surface area contributed by atoms with Crippen molar-refractivity contribution in [2.45, 2.75) is 25.5 Å². The number of hydrogen-bond acceptors (Lipinski definition) is 7. The van der Waals surface area contributed by atoms with E-state index in [9.17, 15) is 9.90 Å². The first-order valence-corrected chi connectivity index (χ1v) is 8.53. The van der Waals surface area contributed by atoms with Gasteiger partial charge in [-0.1, -0.05) is 36.5 Å². The summed E-state index contributed by atoms with van der Waals surface area (Å²) in [6.07, 6.45) is -0.0175. The molecular formula is C16H16N4O3S. The predicted octanol–water partition coefficient (Wildman–Crippen LogP) is 1.62. The molecule has 2 atom stereocenters. The van der Waals surface area contributed by atoms with Gasteiger partial charge in [-0.3, -0.25) is 4.79 Å². The van der Waals surface area contributed by atoms with Gasteiger partial charge in [0, 0.05) is 17.3 Å². The Morgan fingerprint density at radius 1 is 1.46 bits per heavy atom. The highest BCUT2D eigenvalue weighted by Crippen LogP contribution is 2.33. The number of anilines is 1. The summed E-state index contributed by atoms with van der Waals surface area (Å²) in [6.45, 7) is 2.27. The van der Waals surface area contributed by atoms with Gasteiger partial charge in [0.15, 0.2) is 0 Å². The molecule has 0 radical (unpaired) electrons. The second-order valence-electron chi connectivity index (χ2n) is 5.59. The van der Waals surface area contributed by atoms with E-state index in [4.69, 9.17) is 4.74 Å². The van der Waals surface area contributed by atoms with Gasteiger partial charge in [-0.2, -0.15) is 4.52 Å². The summed E-state index contributed by atoms with van der Waals surface area (Å²) in [4.78, 5) is 17.0. The zero-order valence-corrected chi connectivity index (χ0v) is 13.8. The Bertz CT molecular complexity index is 952. The molecule has 1 aromatic carbocycles. The molecule has 0 saturated carbocycles. The van der Waals surface area contributed by atoms with Gasteiger partial charge in [0.05, 0.1) is 6.04 Å². The number of nitrogens with one attached hydrogen (secondary N) is 1. The smallest absolute Gasteiger partial charge is 0.275 e. The number of aliphatic hydroxyl groups is 1. The summed E-state index contributed by atoms with van der Waals surface area (Å²) in [5.41, 5.74) is 1.28. The van der Waals surface area contributed by atoms with E-state index in [1.54, 1.807) is 0 Å². The average Bonchev–Trinajstić information content (AvgIpc) is 3.00. The van der Waals surface area contributed by atoms with Crippen LogP contribution in [0.3, 0.4) is 0 Å². The van der Waals surface area contributed by atoms with E-state index in [1.165, 1.54) is 21.9 Å². The molecule has 1 aliphatic heterocycles. The fourth-order valence-electron chi connectivity index (χ4n) is 2.72. The maximum atomic E-state index is 12.1. The lowest BCUT2D eigenvalue weighted by atomic mass is 9.99. The number of nitrogens with zero attached hydrogens (tertiary/aromatic N) is 3. The molecule has 0 spiro atoms. The first-order chi connectivity index (χ1) is 11.7. The third-order valence-electron chi connectivity index (χ3n) is 4.01. The molecule has 0 aliphatic carbocycles. The Balaban J connectivity index is 1.63. The Morgan fingerprint density at radius 2 is 2.29 bits per heavy atom. The van der Waals surface area contributed by atoms with Crippen molar-refractivity contribution in [3.05, 3.63) is 51.9 Å². The molecule has 3 heterocycles. The molecule has 124 valence electrons. The Kier molecular flexibility index (Phi) is 3.70. The average molecular weight is 344 g/mol. The fraction of sp³-hybridized carbons (Fsp3) is 0.312. The molecule has 7 nitrogen and oxygen atoms in total. The Hall–Kier alpha value is -2.45. The van der Waals surface area contributed by atoms with Crippen LogP contribution in [-0.2, 0) is 6.42 Å². The topological polar surface area (TPSA) is 88.8 Å². The van der Waals surface area contributed by atoms with Gasteiger partial charge in [0.25, 0.3) is 5.56 Å². The van der Waals surface area contributed by atoms with Gasteiger partial charge in [-0.15, -0.1) is 5.10 Å². The second kappa shape index (κ2) is 5.88. The number of para-hydroxylation sites is 1. The molecule has 3 aromatic rings. The number of hydrogen-bond donors (Lipinski definition) is 2. The summed E-state index contributed by atoms with van der Waals surface area (Å²) in [5, 5.41) is 18.5. The maximum absolute atomic E-state index is 12.1. The number of aryl methyl sites for hydroxylation is 1. The van der Waals surface area contributed by atoms with E-state index < -0.39 is 6.10 Å². The van der Waals surface area contributed by atoms with Crippen LogP contribution >= 0.6 is 11.3 Å². The molecule has 2 N–H and O–H groups in total. The van der Waals surface area contributed by atoms with Crippen molar-refractivity contribution < 1.29 is 9.84 Å². The molecule has 1 aliphatic rings. The number of fused-ring (bicyclic) bond motifs is 2. The quantitative estimate of drug-likeness (QED) is 0.751.